The Morgan fingerprint density at radius 2 is 1.71 bits per heavy atom. The van der Waals surface area contributed by atoms with Crippen molar-refractivity contribution in [1.82, 2.24) is 5.32 Å². The maximum Gasteiger partial charge on any atom is 0.217 e. The Bertz CT molecular complexity index is 628. The topological polar surface area (TPSA) is 46.2 Å². The molecule has 0 saturated heterocycles. The van der Waals surface area contributed by atoms with E-state index in [0.717, 1.165) is 35.3 Å². The zero-order valence-corrected chi connectivity index (χ0v) is 14.5. The number of hydrogen-bond donors (Lipinski definition) is 1. The Morgan fingerprint density at radius 1 is 1.08 bits per heavy atom. The summed E-state index contributed by atoms with van der Waals surface area (Å²) in [6.07, 6.45) is 8.79. The third-order valence-electron chi connectivity index (χ3n) is 6.49. The van der Waals surface area contributed by atoms with Gasteiger partial charge >= 0.3 is 0 Å². The lowest BCUT2D eigenvalue weighted by molar-refractivity contribution is -0.119. The fourth-order valence-corrected chi connectivity index (χ4v) is 6.03. The van der Waals surface area contributed by atoms with E-state index in [4.69, 9.17) is 0 Å². The molecule has 24 heavy (non-hydrogen) atoms. The number of rotatable bonds is 5. The van der Waals surface area contributed by atoms with Gasteiger partial charge in [0.1, 0.15) is 0 Å². The molecule has 4 bridgehead atoms. The summed E-state index contributed by atoms with van der Waals surface area (Å²) in [5.41, 5.74) is 2.11. The van der Waals surface area contributed by atoms with E-state index in [-0.39, 0.29) is 5.91 Å². The van der Waals surface area contributed by atoms with Crippen LogP contribution in [0.25, 0.3) is 0 Å². The van der Waals surface area contributed by atoms with Crippen molar-refractivity contribution in [2.75, 3.05) is 0 Å². The standard InChI is InChI=1S/C21H27NO2/c1-14(23)22-13-15-3-2-4-19(8-15)20(24)12-21-9-16-5-17(10-21)7-18(6-16)11-21/h2-4,8,16-18H,5-7,9-13H2,1H3,(H,22,23). The van der Waals surface area contributed by atoms with Crippen molar-refractivity contribution in [2.45, 2.75) is 58.4 Å². The van der Waals surface area contributed by atoms with Gasteiger partial charge in [0.2, 0.25) is 5.91 Å². The number of carbonyl (C=O) groups is 2. The van der Waals surface area contributed by atoms with Crippen LogP contribution in [0.2, 0.25) is 0 Å². The second-order valence-corrected chi connectivity index (χ2v) is 8.63. The quantitative estimate of drug-likeness (QED) is 0.828. The van der Waals surface area contributed by atoms with E-state index in [1.54, 1.807) is 0 Å². The molecular formula is C21H27NO2. The summed E-state index contributed by atoms with van der Waals surface area (Å²) in [7, 11) is 0. The summed E-state index contributed by atoms with van der Waals surface area (Å²) in [5, 5.41) is 2.80. The minimum Gasteiger partial charge on any atom is -0.352 e. The maximum atomic E-state index is 12.9. The van der Waals surface area contributed by atoms with Crippen LogP contribution in [0.4, 0.5) is 0 Å². The lowest BCUT2D eigenvalue weighted by atomic mass is 9.48. The van der Waals surface area contributed by atoms with Crippen LogP contribution in [-0.2, 0) is 11.3 Å². The predicted molar refractivity (Wildman–Crippen MR) is 93.5 cm³/mol. The molecule has 1 N–H and O–H groups in total. The zero-order chi connectivity index (χ0) is 16.7. The Kier molecular flexibility index (Phi) is 3.98. The van der Waals surface area contributed by atoms with Crippen molar-refractivity contribution < 1.29 is 9.59 Å². The van der Waals surface area contributed by atoms with Gasteiger partial charge in [-0.1, -0.05) is 18.2 Å². The summed E-state index contributed by atoms with van der Waals surface area (Å²) >= 11 is 0. The summed E-state index contributed by atoms with van der Waals surface area (Å²) in [6.45, 7) is 2.01. The van der Waals surface area contributed by atoms with Gasteiger partial charge in [0.15, 0.2) is 5.78 Å². The number of ketones is 1. The summed E-state index contributed by atoms with van der Waals surface area (Å²) < 4.78 is 0. The zero-order valence-electron chi connectivity index (χ0n) is 14.5. The molecule has 0 spiro atoms. The fraction of sp³-hybridized carbons (Fsp3) is 0.619. The van der Waals surface area contributed by atoms with Gasteiger partial charge in [-0.2, -0.15) is 0 Å². The Hall–Kier alpha value is -1.64. The average molecular weight is 325 g/mol. The van der Waals surface area contributed by atoms with Gasteiger partial charge in [0.25, 0.3) is 0 Å². The van der Waals surface area contributed by atoms with Gasteiger partial charge < -0.3 is 5.32 Å². The second-order valence-electron chi connectivity index (χ2n) is 8.63. The highest BCUT2D eigenvalue weighted by molar-refractivity contribution is 5.96. The van der Waals surface area contributed by atoms with Crippen LogP contribution in [0.3, 0.4) is 0 Å². The average Bonchev–Trinajstić information content (AvgIpc) is 2.51. The molecule has 0 atom stereocenters. The molecule has 128 valence electrons. The number of benzene rings is 1. The van der Waals surface area contributed by atoms with E-state index in [0.29, 0.717) is 17.7 Å². The molecule has 0 aromatic heterocycles. The molecule has 1 aromatic carbocycles. The van der Waals surface area contributed by atoms with Crippen LogP contribution in [0, 0.1) is 23.2 Å². The highest BCUT2D eigenvalue weighted by Gasteiger charge is 2.51. The van der Waals surface area contributed by atoms with Gasteiger partial charge in [-0.25, -0.2) is 0 Å². The molecule has 0 aliphatic heterocycles. The second kappa shape index (κ2) is 6.02. The monoisotopic (exact) mass is 325 g/mol. The molecular weight excluding hydrogens is 298 g/mol. The van der Waals surface area contributed by atoms with Crippen LogP contribution < -0.4 is 5.32 Å². The van der Waals surface area contributed by atoms with Crippen molar-refractivity contribution in [1.29, 1.82) is 0 Å². The normalized spacial score (nSPS) is 33.5. The third kappa shape index (κ3) is 3.13. The number of amides is 1. The number of Topliss-reactive ketones (excluding diaryl/α,β-unsaturated/α-hetero) is 1. The van der Waals surface area contributed by atoms with Crippen LogP contribution in [-0.4, -0.2) is 11.7 Å². The molecule has 5 rings (SSSR count). The van der Waals surface area contributed by atoms with E-state index < -0.39 is 0 Å². The number of nitrogens with one attached hydrogen (secondary N) is 1. The molecule has 4 saturated carbocycles. The Morgan fingerprint density at radius 3 is 2.29 bits per heavy atom. The molecule has 3 nitrogen and oxygen atoms in total. The van der Waals surface area contributed by atoms with E-state index in [9.17, 15) is 9.59 Å². The first kappa shape index (κ1) is 15.9. The minimum absolute atomic E-state index is 0.0414. The SMILES string of the molecule is CC(=O)NCc1cccc(C(=O)CC23CC4CC(CC(C4)C2)C3)c1. The Balaban J connectivity index is 1.46. The van der Waals surface area contributed by atoms with Crippen LogP contribution in [0.5, 0.6) is 0 Å². The van der Waals surface area contributed by atoms with E-state index in [2.05, 4.69) is 5.32 Å². The molecule has 0 unspecified atom stereocenters. The number of carbonyl (C=O) groups excluding carboxylic acids is 2. The molecule has 0 radical (unpaired) electrons. The molecule has 4 fully saturated rings. The van der Waals surface area contributed by atoms with Gasteiger partial charge in [-0.3, -0.25) is 9.59 Å². The van der Waals surface area contributed by atoms with Gasteiger partial charge in [0.05, 0.1) is 0 Å². The fourth-order valence-electron chi connectivity index (χ4n) is 6.03. The van der Waals surface area contributed by atoms with Crippen molar-refractivity contribution >= 4 is 11.7 Å². The van der Waals surface area contributed by atoms with Crippen molar-refractivity contribution in [3.63, 3.8) is 0 Å². The molecule has 4 aliphatic carbocycles. The number of hydrogen-bond acceptors (Lipinski definition) is 2. The predicted octanol–water partition coefficient (Wildman–Crippen LogP) is 4.11. The summed E-state index contributed by atoms with van der Waals surface area (Å²) in [4.78, 5) is 24.0. The van der Waals surface area contributed by atoms with Gasteiger partial charge in [-0.15, -0.1) is 0 Å². The van der Waals surface area contributed by atoms with E-state index >= 15 is 0 Å². The van der Waals surface area contributed by atoms with Crippen LogP contribution >= 0.6 is 0 Å². The van der Waals surface area contributed by atoms with E-state index in [1.165, 1.54) is 45.4 Å². The van der Waals surface area contributed by atoms with Crippen molar-refractivity contribution in [3.8, 4) is 0 Å². The first-order chi connectivity index (χ1) is 11.5. The summed E-state index contributed by atoms with van der Waals surface area (Å²) in [6, 6.07) is 7.79. The molecule has 1 aromatic rings. The summed E-state index contributed by atoms with van der Waals surface area (Å²) in [5.74, 6) is 2.90. The lowest BCUT2D eigenvalue weighted by Gasteiger charge is -2.56. The van der Waals surface area contributed by atoms with Crippen LogP contribution in [0.1, 0.15) is 67.8 Å². The van der Waals surface area contributed by atoms with E-state index in [1.807, 2.05) is 24.3 Å². The van der Waals surface area contributed by atoms with Gasteiger partial charge in [0, 0.05) is 25.5 Å². The minimum atomic E-state index is -0.0414. The molecule has 3 heteroatoms. The third-order valence-corrected chi connectivity index (χ3v) is 6.49. The molecule has 1 amide bonds. The molecule has 0 heterocycles. The smallest absolute Gasteiger partial charge is 0.217 e. The van der Waals surface area contributed by atoms with Crippen LogP contribution in [0.15, 0.2) is 24.3 Å². The first-order valence-electron chi connectivity index (χ1n) is 9.38. The van der Waals surface area contributed by atoms with Gasteiger partial charge in [-0.05, 0) is 73.3 Å². The van der Waals surface area contributed by atoms with Crippen molar-refractivity contribution in [3.05, 3.63) is 35.4 Å². The van der Waals surface area contributed by atoms with Crippen molar-refractivity contribution in [2.24, 2.45) is 23.2 Å². The molecule has 4 aliphatic rings. The maximum absolute atomic E-state index is 12.9. The highest BCUT2D eigenvalue weighted by Crippen LogP contribution is 2.61. The lowest BCUT2D eigenvalue weighted by Crippen LogP contribution is -2.46. The largest absolute Gasteiger partial charge is 0.352 e. The Labute approximate surface area is 144 Å². The highest BCUT2D eigenvalue weighted by atomic mass is 16.1. The first-order valence-corrected chi connectivity index (χ1v) is 9.38.